The third-order valence-electron chi connectivity index (χ3n) is 3.01. The van der Waals surface area contributed by atoms with Crippen LogP contribution in [0.1, 0.15) is 33.1 Å². The molecular weight excluding hydrogens is 168 g/mol. The van der Waals surface area contributed by atoms with E-state index in [0.717, 1.165) is 6.42 Å². The highest BCUT2D eigenvalue weighted by molar-refractivity contribution is 6.05. The average molecular weight is 184 g/mol. The molecule has 0 saturated heterocycles. The molecule has 0 aromatic carbocycles. The molecule has 1 aliphatic rings. The van der Waals surface area contributed by atoms with Crippen molar-refractivity contribution in [2.45, 2.75) is 33.1 Å². The van der Waals surface area contributed by atoms with Gasteiger partial charge in [-0.1, -0.05) is 13.8 Å². The Morgan fingerprint density at radius 1 is 1.54 bits per heavy atom. The van der Waals surface area contributed by atoms with Gasteiger partial charge in [0, 0.05) is 6.42 Å². The van der Waals surface area contributed by atoms with Crippen molar-refractivity contribution in [3.05, 3.63) is 0 Å². The molecule has 0 heterocycles. The van der Waals surface area contributed by atoms with Gasteiger partial charge in [-0.05, 0) is 18.8 Å². The van der Waals surface area contributed by atoms with E-state index in [1.54, 1.807) is 0 Å². The zero-order chi connectivity index (χ0) is 10.1. The van der Waals surface area contributed by atoms with Gasteiger partial charge in [-0.25, -0.2) is 0 Å². The maximum atomic E-state index is 11.6. The summed E-state index contributed by atoms with van der Waals surface area (Å²) in [5.41, 5.74) is -0.839. The molecule has 1 saturated carbocycles. The van der Waals surface area contributed by atoms with E-state index in [1.165, 1.54) is 7.11 Å². The van der Waals surface area contributed by atoms with Crippen molar-refractivity contribution in [1.82, 2.24) is 0 Å². The largest absolute Gasteiger partial charge is 0.468 e. The van der Waals surface area contributed by atoms with Crippen molar-refractivity contribution < 1.29 is 14.3 Å². The third kappa shape index (κ3) is 1.36. The minimum Gasteiger partial charge on any atom is -0.468 e. The summed E-state index contributed by atoms with van der Waals surface area (Å²) < 4.78 is 4.71. The summed E-state index contributed by atoms with van der Waals surface area (Å²) in [6.07, 6.45) is 1.98. The van der Waals surface area contributed by atoms with E-state index in [-0.39, 0.29) is 17.7 Å². The molecule has 13 heavy (non-hydrogen) atoms. The van der Waals surface area contributed by atoms with Crippen molar-refractivity contribution in [1.29, 1.82) is 0 Å². The molecule has 0 aliphatic heterocycles. The number of carbonyl (C=O) groups excluding carboxylic acids is 2. The van der Waals surface area contributed by atoms with Gasteiger partial charge in [0.15, 0.2) is 0 Å². The Labute approximate surface area is 78.5 Å². The second-order valence-electron chi connectivity index (χ2n) is 3.89. The minimum atomic E-state index is -0.839. The van der Waals surface area contributed by atoms with Gasteiger partial charge < -0.3 is 4.74 Å². The molecule has 1 atom stereocenters. The molecule has 0 amide bonds. The summed E-state index contributed by atoms with van der Waals surface area (Å²) in [6, 6.07) is 0. The Bertz CT molecular complexity index is 232. The molecule has 3 nitrogen and oxygen atoms in total. The number of methoxy groups -OCH3 is 1. The van der Waals surface area contributed by atoms with Crippen LogP contribution in [0, 0.1) is 11.3 Å². The maximum absolute atomic E-state index is 11.6. The first kappa shape index (κ1) is 10.2. The van der Waals surface area contributed by atoms with Crippen LogP contribution in [0.5, 0.6) is 0 Å². The summed E-state index contributed by atoms with van der Waals surface area (Å²) in [6.45, 7) is 3.81. The van der Waals surface area contributed by atoms with E-state index in [4.69, 9.17) is 4.74 Å². The molecule has 0 aromatic heterocycles. The van der Waals surface area contributed by atoms with Crippen LogP contribution in [-0.4, -0.2) is 18.9 Å². The summed E-state index contributed by atoms with van der Waals surface area (Å²) >= 11 is 0. The Morgan fingerprint density at radius 2 is 2.15 bits per heavy atom. The normalized spacial score (nSPS) is 28.2. The van der Waals surface area contributed by atoms with Gasteiger partial charge in [0.25, 0.3) is 0 Å². The van der Waals surface area contributed by atoms with Crippen LogP contribution >= 0.6 is 0 Å². The van der Waals surface area contributed by atoms with Crippen LogP contribution in [0.3, 0.4) is 0 Å². The Kier molecular flexibility index (Phi) is 2.74. The molecule has 74 valence electrons. The molecular formula is C10H16O3. The number of esters is 1. The predicted octanol–water partition coefficient (Wildman–Crippen LogP) is 1.55. The number of hydrogen-bond donors (Lipinski definition) is 0. The first-order chi connectivity index (χ1) is 6.05. The van der Waals surface area contributed by atoms with Crippen LogP contribution in [-0.2, 0) is 14.3 Å². The molecule has 0 aromatic rings. The van der Waals surface area contributed by atoms with Gasteiger partial charge >= 0.3 is 5.97 Å². The van der Waals surface area contributed by atoms with E-state index >= 15 is 0 Å². The Hall–Kier alpha value is -0.860. The van der Waals surface area contributed by atoms with Gasteiger partial charge in [0.1, 0.15) is 11.2 Å². The van der Waals surface area contributed by atoms with Gasteiger partial charge in [0.05, 0.1) is 7.11 Å². The summed E-state index contributed by atoms with van der Waals surface area (Å²) in [7, 11) is 1.35. The topological polar surface area (TPSA) is 43.4 Å². The van der Waals surface area contributed by atoms with Crippen molar-refractivity contribution in [3.8, 4) is 0 Å². The smallest absolute Gasteiger partial charge is 0.319 e. The quantitative estimate of drug-likeness (QED) is 0.483. The van der Waals surface area contributed by atoms with Gasteiger partial charge in [0.2, 0.25) is 0 Å². The highest BCUT2D eigenvalue weighted by Crippen LogP contribution is 2.42. The van der Waals surface area contributed by atoms with E-state index in [9.17, 15) is 9.59 Å². The van der Waals surface area contributed by atoms with Gasteiger partial charge in [-0.2, -0.15) is 0 Å². The van der Waals surface area contributed by atoms with Crippen molar-refractivity contribution in [2.24, 2.45) is 11.3 Å². The van der Waals surface area contributed by atoms with Crippen LogP contribution < -0.4 is 0 Å². The van der Waals surface area contributed by atoms with E-state index in [2.05, 4.69) is 0 Å². The van der Waals surface area contributed by atoms with Gasteiger partial charge in [-0.3, -0.25) is 9.59 Å². The first-order valence-corrected chi connectivity index (χ1v) is 4.67. The molecule has 1 aliphatic carbocycles. The number of Topliss-reactive ketones (excluding diaryl/α,β-unsaturated/α-hetero) is 1. The average Bonchev–Trinajstić information content (AvgIpc) is 2.47. The fraction of sp³-hybridized carbons (Fsp3) is 0.800. The van der Waals surface area contributed by atoms with E-state index in [1.807, 2.05) is 13.8 Å². The Balaban J connectivity index is 3.00. The van der Waals surface area contributed by atoms with E-state index < -0.39 is 5.41 Å². The third-order valence-corrected chi connectivity index (χ3v) is 3.01. The highest BCUT2D eigenvalue weighted by Gasteiger charge is 2.51. The lowest BCUT2D eigenvalue weighted by molar-refractivity contribution is -0.159. The maximum Gasteiger partial charge on any atom is 0.319 e. The van der Waals surface area contributed by atoms with Crippen molar-refractivity contribution >= 4 is 11.8 Å². The van der Waals surface area contributed by atoms with Crippen LogP contribution in [0.25, 0.3) is 0 Å². The molecule has 0 bridgehead atoms. The van der Waals surface area contributed by atoms with Crippen molar-refractivity contribution in [2.75, 3.05) is 7.11 Å². The highest BCUT2D eigenvalue weighted by atomic mass is 16.5. The fourth-order valence-corrected chi connectivity index (χ4v) is 2.13. The summed E-state index contributed by atoms with van der Waals surface area (Å²) in [4.78, 5) is 23.2. The van der Waals surface area contributed by atoms with Crippen LogP contribution in [0.4, 0.5) is 0 Å². The standard InChI is InChI=1S/C10H16O3/c1-7(2)10(9(12)13-3)6-4-5-8(10)11/h7H,4-6H2,1-3H3. The lowest BCUT2D eigenvalue weighted by Gasteiger charge is -2.28. The zero-order valence-electron chi connectivity index (χ0n) is 8.42. The summed E-state index contributed by atoms with van der Waals surface area (Å²) in [5.74, 6) is -0.269. The number of ether oxygens (including phenoxy) is 1. The monoisotopic (exact) mass is 184 g/mol. The fourth-order valence-electron chi connectivity index (χ4n) is 2.13. The molecule has 0 radical (unpaired) electrons. The van der Waals surface area contributed by atoms with Crippen LogP contribution in [0.2, 0.25) is 0 Å². The summed E-state index contributed by atoms with van der Waals surface area (Å²) in [5, 5.41) is 0. The molecule has 0 N–H and O–H groups in total. The first-order valence-electron chi connectivity index (χ1n) is 4.67. The number of carbonyl (C=O) groups is 2. The van der Waals surface area contributed by atoms with Gasteiger partial charge in [-0.15, -0.1) is 0 Å². The minimum absolute atomic E-state index is 0.0370. The number of rotatable bonds is 2. The number of ketones is 1. The lowest BCUT2D eigenvalue weighted by atomic mass is 9.75. The van der Waals surface area contributed by atoms with Crippen LogP contribution in [0.15, 0.2) is 0 Å². The second kappa shape index (κ2) is 3.48. The molecule has 3 heteroatoms. The predicted molar refractivity (Wildman–Crippen MR) is 48.1 cm³/mol. The molecule has 1 unspecified atom stereocenters. The number of hydrogen-bond acceptors (Lipinski definition) is 3. The second-order valence-corrected chi connectivity index (χ2v) is 3.89. The molecule has 0 spiro atoms. The Morgan fingerprint density at radius 3 is 2.46 bits per heavy atom. The SMILES string of the molecule is COC(=O)C1(C(C)C)CCCC1=O. The zero-order valence-corrected chi connectivity index (χ0v) is 8.42. The lowest BCUT2D eigenvalue weighted by Crippen LogP contribution is -2.41. The molecule has 1 fully saturated rings. The van der Waals surface area contributed by atoms with Crippen molar-refractivity contribution in [3.63, 3.8) is 0 Å². The van der Waals surface area contributed by atoms with E-state index in [0.29, 0.717) is 12.8 Å². The molecule has 1 rings (SSSR count).